The van der Waals surface area contributed by atoms with Crippen molar-refractivity contribution in [2.24, 2.45) is 0 Å². The lowest BCUT2D eigenvalue weighted by Gasteiger charge is -2.36. The summed E-state index contributed by atoms with van der Waals surface area (Å²) in [6.07, 6.45) is 0. The molecule has 0 radical (unpaired) electrons. The number of nitrogens with zero attached hydrogens (tertiary/aromatic N) is 2. The van der Waals surface area contributed by atoms with Crippen LogP contribution >= 0.6 is 15.9 Å². The van der Waals surface area contributed by atoms with Crippen molar-refractivity contribution in [2.75, 3.05) is 31.1 Å². The Balaban J connectivity index is 1.38. The van der Waals surface area contributed by atoms with Crippen molar-refractivity contribution >= 4 is 33.3 Å². The van der Waals surface area contributed by atoms with Crippen LogP contribution in [-0.4, -0.2) is 42.8 Å². The maximum atomic E-state index is 13.4. The van der Waals surface area contributed by atoms with Crippen LogP contribution in [0.1, 0.15) is 26.3 Å². The number of amides is 1. The van der Waals surface area contributed by atoms with Gasteiger partial charge in [-0.05, 0) is 60.7 Å². The van der Waals surface area contributed by atoms with Crippen molar-refractivity contribution in [1.29, 1.82) is 0 Å². The quantitative estimate of drug-likeness (QED) is 0.519. The lowest BCUT2D eigenvalue weighted by atomic mass is 10.0. The van der Waals surface area contributed by atoms with Crippen LogP contribution in [0.2, 0.25) is 0 Å². The van der Waals surface area contributed by atoms with E-state index in [2.05, 4.69) is 20.8 Å². The number of rotatable bonds is 4. The first-order valence-corrected chi connectivity index (χ1v) is 10.5. The Bertz CT molecular complexity index is 1060. The molecule has 0 aromatic heterocycles. The maximum Gasteiger partial charge on any atom is 0.253 e. The minimum absolute atomic E-state index is 0.0400. The zero-order valence-electron chi connectivity index (χ0n) is 16.2. The van der Waals surface area contributed by atoms with E-state index in [1.54, 1.807) is 18.2 Å². The largest absolute Gasteiger partial charge is 0.368 e. The molecule has 0 atom stereocenters. The molecule has 1 fully saturated rings. The van der Waals surface area contributed by atoms with E-state index in [4.69, 9.17) is 0 Å². The monoisotopic (exact) mass is 466 g/mol. The van der Waals surface area contributed by atoms with Crippen LogP contribution in [0.25, 0.3) is 0 Å². The van der Waals surface area contributed by atoms with Gasteiger partial charge in [-0.15, -0.1) is 0 Å². The van der Waals surface area contributed by atoms with E-state index in [1.165, 1.54) is 18.2 Å². The second-order valence-electron chi connectivity index (χ2n) is 7.17. The van der Waals surface area contributed by atoms with E-state index >= 15 is 0 Å². The normalized spacial score (nSPS) is 13.9. The summed E-state index contributed by atoms with van der Waals surface area (Å²) < 4.78 is 14.3. The standard InChI is InChI=1S/C24H20BrFN2O2/c25-20-8-4-18(5-9-20)24(30)28-14-12-27(13-15-28)22-10-6-17(7-11-22)23(29)19-2-1-3-21(26)16-19/h1-11,16H,12-15H2. The molecule has 4 rings (SSSR count). The van der Waals surface area contributed by atoms with Gasteiger partial charge in [0.25, 0.3) is 5.91 Å². The fraction of sp³-hybridized carbons (Fsp3) is 0.167. The summed E-state index contributed by atoms with van der Waals surface area (Å²) in [5.41, 5.74) is 2.55. The predicted molar refractivity (Wildman–Crippen MR) is 119 cm³/mol. The third kappa shape index (κ3) is 4.44. The molecule has 0 spiro atoms. The number of hydrogen-bond acceptors (Lipinski definition) is 3. The fourth-order valence-corrected chi connectivity index (χ4v) is 3.83. The van der Waals surface area contributed by atoms with E-state index < -0.39 is 5.82 Å². The lowest BCUT2D eigenvalue weighted by Crippen LogP contribution is -2.48. The summed E-state index contributed by atoms with van der Waals surface area (Å²) in [6, 6.07) is 20.4. The van der Waals surface area contributed by atoms with Gasteiger partial charge < -0.3 is 9.80 Å². The number of piperazine rings is 1. The Morgan fingerprint density at radius 1 is 0.767 bits per heavy atom. The van der Waals surface area contributed by atoms with Gasteiger partial charge in [-0.1, -0.05) is 28.1 Å². The molecule has 0 N–H and O–H groups in total. The Morgan fingerprint density at radius 2 is 1.40 bits per heavy atom. The number of anilines is 1. The molecule has 3 aromatic rings. The Hall–Kier alpha value is -2.99. The summed E-state index contributed by atoms with van der Waals surface area (Å²) >= 11 is 3.39. The highest BCUT2D eigenvalue weighted by molar-refractivity contribution is 9.10. The summed E-state index contributed by atoms with van der Waals surface area (Å²) in [7, 11) is 0. The highest BCUT2D eigenvalue weighted by Crippen LogP contribution is 2.20. The Kier molecular flexibility index (Phi) is 5.95. The maximum absolute atomic E-state index is 13.4. The van der Waals surface area contributed by atoms with Gasteiger partial charge in [-0.25, -0.2) is 4.39 Å². The van der Waals surface area contributed by atoms with Gasteiger partial charge in [-0.2, -0.15) is 0 Å². The molecule has 4 nitrogen and oxygen atoms in total. The number of halogens is 2. The van der Waals surface area contributed by atoms with Crippen molar-refractivity contribution in [3.8, 4) is 0 Å². The average molecular weight is 467 g/mol. The van der Waals surface area contributed by atoms with Crippen molar-refractivity contribution in [2.45, 2.75) is 0 Å². The first-order valence-electron chi connectivity index (χ1n) is 9.71. The van der Waals surface area contributed by atoms with Crippen LogP contribution < -0.4 is 4.90 Å². The zero-order valence-corrected chi connectivity index (χ0v) is 17.8. The first kappa shape index (κ1) is 20.3. The van der Waals surface area contributed by atoms with Gasteiger partial charge in [0, 0.05) is 53.0 Å². The van der Waals surface area contributed by atoms with Crippen LogP contribution in [0.15, 0.2) is 77.3 Å². The fourth-order valence-electron chi connectivity index (χ4n) is 3.56. The number of hydrogen-bond donors (Lipinski definition) is 0. The lowest BCUT2D eigenvalue weighted by molar-refractivity contribution is 0.0746. The molecule has 6 heteroatoms. The summed E-state index contributed by atoms with van der Waals surface area (Å²) in [4.78, 5) is 29.3. The van der Waals surface area contributed by atoms with Gasteiger partial charge in [0.05, 0.1) is 0 Å². The van der Waals surface area contributed by atoms with Gasteiger partial charge in [0.1, 0.15) is 5.82 Å². The minimum atomic E-state index is -0.423. The molecule has 1 aliphatic heterocycles. The average Bonchev–Trinajstić information content (AvgIpc) is 2.79. The van der Waals surface area contributed by atoms with Crippen LogP contribution in [0.4, 0.5) is 10.1 Å². The number of ketones is 1. The molecular weight excluding hydrogens is 447 g/mol. The SMILES string of the molecule is O=C(c1ccc(N2CCN(C(=O)c3ccc(Br)cc3)CC2)cc1)c1cccc(F)c1. The smallest absolute Gasteiger partial charge is 0.253 e. The summed E-state index contributed by atoms with van der Waals surface area (Å²) in [5, 5.41) is 0. The highest BCUT2D eigenvalue weighted by atomic mass is 79.9. The highest BCUT2D eigenvalue weighted by Gasteiger charge is 2.22. The number of benzene rings is 3. The Labute approximate surface area is 183 Å². The van der Waals surface area contributed by atoms with Crippen LogP contribution in [-0.2, 0) is 0 Å². The van der Waals surface area contributed by atoms with Crippen molar-refractivity contribution in [3.05, 3.63) is 99.8 Å². The number of carbonyl (C=O) groups excluding carboxylic acids is 2. The third-order valence-corrected chi connectivity index (χ3v) is 5.77. The molecule has 152 valence electrons. The molecule has 0 bridgehead atoms. The van der Waals surface area contributed by atoms with E-state index in [0.29, 0.717) is 29.8 Å². The molecule has 30 heavy (non-hydrogen) atoms. The first-order chi connectivity index (χ1) is 14.5. The van der Waals surface area contributed by atoms with E-state index in [0.717, 1.165) is 23.2 Å². The zero-order chi connectivity index (χ0) is 21.1. The second-order valence-corrected chi connectivity index (χ2v) is 8.09. The molecule has 0 saturated carbocycles. The molecule has 0 unspecified atom stereocenters. The van der Waals surface area contributed by atoms with Crippen molar-refractivity contribution in [1.82, 2.24) is 4.90 Å². The third-order valence-electron chi connectivity index (χ3n) is 5.24. The number of carbonyl (C=O) groups is 2. The van der Waals surface area contributed by atoms with Crippen molar-refractivity contribution in [3.63, 3.8) is 0 Å². The Morgan fingerprint density at radius 3 is 2.03 bits per heavy atom. The van der Waals surface area contributed by atoms with Gasteiger partial charge in [0.2, 0.25) is 0 Å². The van der Waals surface area contributed by atoms with Crippen LogP contribution in [0.5, 0.6) is 0 Å². The molecule has 3 aromatic carbocycles. The molecule has 0 aliphatic carbocycles. The van der Waals surface area contributed by atoms with Gasteiger partial charge >= 0.3 is 0 Å². The molecule has 1 amide bonds. The van der Waals surface area contributed by atoms with E-state index in [1.807, 2.05) is 41.3 Å². The second kappa shape index (κ2) is 8.79. The van der Waals surface area contributed by atoms with Gasteiger partial charge in [-0.3, -0.25) is 9.59 Å². The molecule has 1 saturated heterocycles. The van der Waals surface area contributed by atoms with Gasteiger partial charge in [0.15, 0.2) is 5.78 Å². The molecule has 1 heterocycles. The van der Waals surface area contributed by atoms with Crippen LogP contribution in [0, 0.1) is 5.82 Å². The van der Waals surface area contributed by atoms with E-state index in [-0.39, 0.29) is 11.7 Å². The summed E-state index contributed by atoms with van der Waals surface area (Å²) in [5.74, 6) is -0.586. The summed E-state index contributed by atoms with van der Waals surface area (Å²) in [6.45, 7) is 2.72. The van der Waals surface area contributed by atoms with E-state index in [9.17, 15) is 14.0 Å². The molecule has 1 aliphatic rings. The minimum Gasteiger partial charge on any atom is -0.368 e. The predicted octanol–water partition coefficient (Wildman–Crippen LogP) is 4.78. The topological polar surface area (TPSA) is 40.6 Å². The molecular formula is C24H20BrFN2O2. The van der Waals surface area contributed by atoms with Crippen molar-refractivity contribution < 1.29 is 14.0 Å². The van der Waals surface area contributed by atoms with Crippen LogP contribution in [0.3, 0.4) is 0 Å².